The predicted molar refractivity (Wildman–Crippen MR) is 72.6 cm³/mol. The Morgan fingerprint density at radius 1 is 1.35 bits per heavy atom. The molecule has 1 N–H and O–H groups in total. The van der Waals surface area contributed by atoms with E-state index in [-0.39, 0.29) is 0 Å². The van der Waals surface area contributed by atoms with E-state index in [0.717, 1.165) is 18.8 Å². The zero-order valence-corrected chi connectivity index (χ0v) is 11.3. The van der Waals surface area contributed by atoms with Gasteiger partial charge < -0.3 is 5.32 Å². The molecule has 0 spiro atoms. The van der Waals surface area contributed by atoms with Crippen molar-refractivity contribution < 1.29 is 0 Å². The number of rotatable bonds is 6. The van der Waals surface area contributed by atoms with Gasteiger partial charge in [0.2, 0.25) is 0 Å². The molecule has 94 valence electrons. The Kier molecular flexibility index (Phi) is 5.84. The van der Waals surface area contributed by atoms with Crippen LogP contribution in [-0.2, 0) is 0 Å². The van der Waals surface area contributed by atoms with E-state index in [1.54, 1.807) is 12.5 Å². The maximum atomic E-state index is 4.23. The smallest absolute Gasteiger partial charge is 0.115 e. The molecule has 1 aromatic rings. The van der Waals surface area contributed by atoms with Crippen molar-refractivity contribution in [1.82, 2.24) is 15.3 Å². The van der Waals surface area contributed by atoms with Gasteiger partial charge >= 0.3 is 0 Å². The molecule has 0 aliphatic carbocycles. The summed E-state index contributed by atoms with van der Waals surface area (Å²) in [7, 11) is 0. The van der Waals surface area contributed by atoms with Crippen molar-refractivity contribution in [2.24, 2.45) is 11.8 Å². The number of aromatic nitrogens is 2. The molecule has 0 aliphatic heterocycles. The van der Waals surface area contributed by atoms with E-state index in [1.807, 2.05) is 6.07 Å². The topological polar surface area (TPSA) is 37.8 Å². The molecule has 0 radical (unpaired) electrons. The summed E-state index contributed by atoms with van der Waals surface area (Å²) >= 11 is 0. The van der Waals surface area contributed by atoms with Gasteiger partial charge in [-0.3, -0.25) is 0 Å². The Labute approximate surface area is 104 Å². The highest BCUT2D eigenvalue weighted by Crippen LogP contribution is 2.12. The minimum absolute atomic E-state index is 0.532. The van der Waals surface area contributed by atoms with Crippen molar-refractivity contribution in [2.45, 2.75) is 27.7 Å². The molecule has 0 saturated carbocycles. The first-order valence-corrected chi connectivity index (χ1v) is 6.26. The summed E-state index contributed by atoms with van der Waals surface area (Å²) in [6.45, 7) is 10.8. The van der Waals surface area contributed by atoms with Crippen LogP contribution >= 0.6 is 0 Å². The highest BCUT2D eigenvalue weighted by atomic mass is 14.9. The third kappa shape index (κ3) is 5.59. The van der Waals surface area contributed by atoms with Gasteiger partial charge in [0.05, 0.1) is 5.69 Å². The molecule has 0 atom stereocenters. The molecular weight excluding hydrogens is 210 g/mol. The Hall–Kier alpha value is -1.22. The Balaban J connectivity index is 2.63. The molecule has 0 aromatic carbocycles. The molecule has 0 aliphatic rings. The lowest BCUT2D eigenvalue weighted by atomic mass is 10.0. The van der Waals surface area contributed by atoms with E-state index in [1.165, 1.54) is 5.57 Å². The summed E-state index contributed by atoms with van der Waals surface area (Å²) in [5.41, 5.74) is 2.36. The lowest BCUT2D eigenvalue weighted by Crippen LogP contribution is -2.23. The lowest BCUT2D eigenvalue weighted by molar-refractivity contribution is 0.558. The van der Waals surface area contributed by atoms with Crippen molar-refractivity contribution in [3.63, 3.8) is 0 Å². The quantitative estimate of drug-likeness (QED) is 0.821. The summed E-state index contributed by atoms with van der Waals surface area (Å²) in [6.07, 6.45) is 5.52. The average molecular weight is 233 g/mol. The summed E-state index contributed by atoms with van der Waals surface area (Å²) in [5, 5.41) is 3.47. The van der Waals surface area contributed by atoms with Crippen LogP contribution in [0.25, 0.3) is 6.08 Å². The monoisotopic (exact) mass is 233 g/mol. The minimum Gasteiger partial charge on any atom is -0.313 e. The molecule has 0 amide bonds. The first kappa shape index (κ1) is 13.8. The van der Waals surface area contributed by atoms with E-state index in [9.17, 15) is 0 Å². The van der Waals surface area contributed by atoms with Gasteiger partial charge in [-0.25, -0.2) is 9.97 Å². The summed E-state index contributed by atoms with van der Waals surface area (Å²) in [6, 6.07) is 1.94. The summed E-state index contributed by atoms with van der Waals surface area (Å²) < 4.78 is 0. The van der Waals surface area contributed by atoms with Crippen LogP contribution in [0.15, 0.2) is 24.2 Å². The fraction of sp³-hybridized carbons (Fsp3) is 0.571. The zero-order chi connectivity index (χ0) is 12.7. The van der Waals surface area contributed by atoms with Gasteiger partial charge in [0.1, 0.15) is 6.33 Å². The maximum Gasteiger partial charge on any atom is 0.115 e. The molecule has 17 heavy (non-hydrogen) atoms. The van der Waals surface area contributed by atoms with Crippen molar-refractivity contribution in [1.29, 1.82) is 0 Å². The van der Waals surface area contributed by atoms with Gasteiger partial charge in [-0.2, -0.15) is 0 Å². The molecule has 0 fully saturated rings. The van der Waals surface area contributed by atoms with Crippen LogP contribution in [-0.4, -0.2) is 23.1 Å². The highest BCUT2D eigenvalue weighted by Gasteiger charge is 2.04. The fourth-order valence-corrected chi connectivity index (χ4v) is 1.50. The largest absolute Gasteiger partial charge is 0.313 e. The van der Waals surface area contributed by atoms with E-state index in [0.29, 0.717) is 11.8 Å². The number of hydrogen-bond acceptors (Lipinski definition) is 3. The molecule has 3 nitrogen and oxygen atoms in total. The molecular formula is C14H23N3. The van der Waals surface area contributed by atoms with E-state index in [2.05, 4.69) is 49.1 Å². The van der Waals surface area contributed by atoms with Gasteiger partial charge in [0.25, 0.3) is 0 Å². The van der Waals surface area contributed by atoms with Crippen molar-refractivity contribution in [2.75, 3.05) is 13.1 Å². The first-order valence-electron chi connectivity index (χ1n) is 6.26. The summed E-state index contributed by atoms with van der Waals surface area (Å²) in [5.74, 6) is 1.21. The number of hydrogen-bond donors (Lipinski definition) is 1. The fourth-order valence-electron chi connectivity index (χ4n) is 1.50. The molecule has 0 saturated heterocycles. The Morgan fingerprint density at radius 2 is 2.12 bits per heavy atom. The highest BCUT2D eigenvalue weighted by molar-refractivity contribution is 5.49. The summed E-state index contributed by atoms with van der Waals surface area (Å²) in [4.78, 5) is 8.16. The SMILES string of the molecule is CC(C)CNCC(=Cc1ccncn1)C(C)C. The zero-order valence-electron chi connectivity index (χ0n) is 11.3. The van der Waals surface area contributed by atoms with E-state index >= 15 is 0 Å². The molecule has 1 rings (SSSR count). The van der Waals surface area contributed by atoms with Crippen molar-refractivity contribution >= 4 is 6.08 Å². The Bertz CT molecular complexity index is 342. The lowest BCUT2D eigenvalue weighted by Gasteiger charge is -2.14. The van der Waals surface area contributed by atoms with Gasteiger partial charge in [-0.1, -0.05) is 33.3 Å². The van der Waals surface area contributed by atoms with Crippen molar-refractivity contribution in [3.05, 3.63) is 29.9 Å². The van der Waals surface area contributed by atoms with Crippen LogP contribution in [0.2, 0.25) is 0 Å². The van der Waals surface area contributed by atoms with Crippen molar-refractivity contribution in [3.8, 4) is 0 Å². The third-order valence-electron chi connectivity index (χ3n) is 2.56. The molecule has 1 heterocycles. The molecule has 3 heteroatoms. The second-order valence-electron chi connectivity index (χ2n) is 5.03. The van der Waals surface area contributed by atoms with E-state index in [4.69, 9.17) is 0 Å². The minimum atomic E-state index is 0.532. The normalized spacial score (nSPS) is 12.5. The molecule has 1 aromatic heterocycles. The average Bonchev–Trinajstić information content (AvgIpc) is 2.28. The van der Waals surface area contributed by atoms with E-state index < -0.39 is 0 Å². The second-order valence-corrected chi connectivity index (χ2v) is 5.03. The second kappa shape index (κ2) is 7.17. The van der Waals surface area contributed by atoms with Gasteiger partial charge in [0.15, 0.2) is 0 Å². The molecule has 0 bridgehead atoms. The maximum absolute atomic E-state index is 4.23. The third-order valence-corrected chi connectivity index (χ3v) is 2.56. The van der Waals surface area contributed by atoms with Gasteiger partial charge in [0, 0.05) is 12.7 Å². The van der Waals surface area contributed by atoms with Crippen LogP contribution in [0.3, 0.4) is 0 Å². The molecule has 0 unspecified atom stereocenters. The Morgan fingerprint density at radius 3 is 2.65 bits per heavy atom. The first-order chi connectivity index (χ1) is 8.09. The van der Waals surface area contributed by atoms with Gasteiger partial charge in [-0.05, 0) is 30.5 Å². The van der Waals surface area contributed by atoms with Crippen LogP contribution in [0.5, 0.6) is 0 Å². The van der Waals surface area contributed by atoms with Crippen LogP contribution in [0, 0.1) is 11.8 Å². The van der Waals surface area contributed by atoms with Crippen LogP contribution < -0.4 is 5.32 Å². The van der Waals surface area contributed by atoms with Crippen LogP contribution in [0.4, 0.5) is 0 Å². The standard InChI is InChI=1S/C14H23N3/c1-11(2)8-16-9-13(12(3)4)7-14-5-6-15-10-17-14/h5-7,10-12,16H,8-9H2,1-4H3. The van der Waals surface area contributed by atoms with Gasteiger partial charge in [-0.15, -0.1) is 0 Å². The number of nitrogens with one attached hydrogen (secondary N) is 1. The number of nitrogens with zero attached hydrogens (tertiary/aromatic N) is 2. The predicted octanol–water partition coefficient (Wildman–Crippen LogP) is 2.76. The van der Waals surface area contributed by atoms with Crippen LogP contribution in [0.1, 0.15) is 33.4 Å².